The van der Waals surface area contributed by atoms with Crippen LogP contribution >= 0.6 is 0 Å². The molecule has 0 amide bonds. The number of hydrogen-bond acceptors (Lipinski definition) is 4. The summed E-state index contributed by atoms with van der Waals surface area (Å²) in [5, 5.41) is 0.854. The first-order chi connectivity index (χ1) is 15.0. The summed E-state index contributed by atoms with van der Waals surface area (Å²) in [6, 6.07) is 15.6. The molecular formula is C26H33NO4. The molecule has 3 rings (SSSR count). The molecule has 0 aliphatic carbocycles. The number of methoxy groups -OCH3 is 1. The van der Waals surface area contributed by atoms with E-state index in [0.29, 0.717) is 24.7 Å². The zero-order chi connectivity index (χ0) is 22.2. The van der Waals surface area contributed by atoms with Gasteiger partial charge in [0.15, 0.2) is 5.75 Å². The Bertz CT molecular complexity index is 1040. The normalized spacial score (nSPS) is 11.1. The Hall–Kier alpha value is -2.95. The van der Waals surface area contributed by atoms with Crippen LogP contribution in [0.4, 0.5) is 0 Å². The van der Waals surface area contributed by atoms with Crippen molar-refractivity contribution in [1.82, 2.24) is 4.57 Å². The molecule has 0 fully saturated rings. The fourth-order valence-corrected chi connectivity index (χ4v) is 3.63. The molecule has 0 bridgehead atoms. The van der Waals surface area contributed by atoms with E-state index in [4.69, 9.17) is 14.2 Å². The molecule has 0 aliphatic rings. The van der Waals surface area contributed by atoms with Gasteiger partial charge in [0, 0.05) is 18.0 Å². The molecule has 0 radical (unpaired) electrons. The number of nitrogens with zero attached hydrogens (tertiary/aromatic N) is 1. The molecule has 0 N–H and O–H groups in total. The van der Waals surface area contributed by atoms with Crippen LogP contribution in [0.25, 0.3) is 10.9 Å². The second-order valence-corrected chi connectivity index (χ2v) is 8.00. The summed E-state index contributed by atoms with van der Waals surface area (Å²) in [6.45, 7) is 7.02. The van der Waals surface area contributed by atoms with E-state index in [1.54, 1.807) is 11.7 Å². The van der Waals surface area contributed by atoms with E-state index in [0.717, 1.165) is 42.1 Å². The first kappa shape index (κ1) is 22.7. The van der Waals surface area contributed by atoms with Crippen molar-refractivity contribution in [3.63, 3.8) is 0 Å². The molecule has 166 valence electrons. The number of rotatable bonds is 11. The highest BCUT2D eigenvalue weighted by molar-refractivity contribution is 5.89. The number of ether oxygens (including phenoxy) is 3. The second-order valence-electron chi connectivity index (χ2n) is 8.00. The Morgan fingerprint density at radius 1 is 0.968 bits per heavy atom. The van der Waals surface area contributed by atoms with E-state index in [1.165, 1.54) is 0 Å². The zero-order valence-electron chi connectivity index (χ0n) is 19.0. The van der Waals surface area contributed by atoms with Crippen LogP contribution in [0, 0.1) is 0 Å². The van der Waals surface area contributed by atoms with E-state index < -0.39 is 0 Å². The lowest BCUT2D eigenvalue weighted by Gasteiger charge is -2.20. The molecule has 0 spiro atoms. The van der Waals surface area contributed by atoms with Crippen molar-refractivity contribution in [2.45, 2.75) is 65.7 Å². The van der Waals surface area contributed by atoms with Gasteiger partial charge in [-0.3, -0.25) is 4.79 Å². The predicted molar refractivity (Wildman–Crippen MR) is 125 cm³/mol. The van der Waals surface area contributed by atoms with Gasteiger partial charge in [-0.05, 0) is 38.0 Å². The fourth-order valence-electron chi connectivity index (χ4n) is 3.63. The van der Waals surface area contributed by atoms with Gasteiger partial charge in [-0.15, -0.1) is 0 Å². The molecule has 1 aromatic heterocycles. The van der Waals surface area contributed by atoms with Crippen molar-refractivity contribution in [2.75, 3.05) is 7.11 Å². The number of aromatic nitrogens is 1. The van der Waals surface area contributed by atoms with Crippen LogP contribution in [0.15, 0.2) is 53.3 Å². The maximum atomic E-state index is 13.6. The average molecular weight is 424 g/mol. The van der Waals surface area contributed by atoms with Crippen molar-refractivity contribution in [2.24, 2.45) is 0 Å². The summed E-state index contributed by atoms with van der Waals surface area (Å²) in [4.78, 5) is 13.6. The third kappa shape index (κ3) is 5.60. The monoisotopic (exact) mass is 423 g/mol. The molecule has 5 heteroatoms. The summed E-state index contributed by atoms with van der Waals surface area (Å²) >= 11 is 0. The van der Waals surface area contributed by atoms with Crippen molar-refractivity contribution >= 4 is 10.9 Å². The molecule has 5 nitrogen and oxygen atoms in total. The molecule has 0 saturated heterocycles. The third-order valence-electron chi connectivity index (χ3n) is 5.20. The van der Waals surface area contributed by atoms with E-state index in [1.807, 2.05) is 62.4 Å². The van der Waals surface area contributed by atoms with Crippen LogP contribution < -0.4 is 19.8 Å². The summed E-state index contributed by atoms with van der Waals surface area (Å²) in [5.41, 5.74) is 1.65. The van der Waals surface area contributed by atoms with E-state index >= 15 is 0 Å². The summed E-state index contributed by atoms with van der Waals surface area (Å²) in [6.07, 6.45) is 4.23. The first-order valence-electron chi connectivity index (χ1n) is 11.1. The van der Waals surface area contributed by atoms with Crippen LogP contribution in [0.5, 0.6) is 17.2 Å². The van der Waals surface area contributed by atoms with E-state index in [2.05, 4.69) is 6.92 Å². The Labute approximate surface area is 184 Å². The smallest absolute Gasteiger partial charge is 0.297 e. The van der Waals surface area contributed by atoms with Crippen molar-refractivity contribution < 1.29 is 14.2 Å². The van der Waals surface area contributed by atoms with Crippen LogP contribution in [-0.2, 0) is 13.2 Å². The standard InChI is InChI=1S/C26H33NO4/c1-5-6-7-11-16-27-23-17-21(29-4)14-15-22(23)24(31-19(2)3)25(26(27)28)30-18-20-12-9-8-10-13-20/h8-10,12-15,17,19H,5-7,11,16,18H2,1-4H3. The number of hydrogen-bond donors (Lipinski definition) is 0. The number of benzene rings is 2. The third-order valence-corrected chi connectivity index (χ3v) is 5.20. The van der Waals surface area contributed by atoms with E-state index in [-0.39, 0.29) is 17.4 Å². The van der Waals surface area contributed by atoms with Crippen molar-refractivity contribution in [3.05, 3.63) is 64.4 Å². The highest BCUT2D eigenvalue weighted by Crippen LogP contribution is 2.36. The van der Waals surface area contributed by atoms with Crippen LogP contribution in [-0.4, -0.2) is 17.8 Å². The SMILES string of the molecule is CCCCCCn1c(=O)c(OCc2ccccc2)c(OC(C)C)c2ccc(OC)cc21. The van der Waals surface area contributed by atoms with Gasteiger partial charge in [0.1, 0.15) is 12.4 Å². The minimum atomic E-state index is -0.163. The van der Waals surface area contributed by atoms with Crippen molar-refractivity contribution in [3.8, 4) is 17.2 Å². The van der Waals surface area contributed by atoms with Gasteiger partial charge >= 0.3 is 0 Å². The fraction of sp³-hybridized carbons (Fsp3) is 0.423. The lowest BCUT2D eigenvalue weighted by atomic mass is 10.1. The minimum Gasteiger partial charge on any atom is -0.497 e. The van der Waals surface area contributed by atoms with Crippen molar-refractivity contribution in [1.29, 1.82) is 0 Å². The molecule has 31 heavy (non-hydrogen) atoms. The second kappa shape index (κ2) is 10.9. The molecule has 3 aromatic rings. The summed E-state index contributed by atoms with van der Waals surface area (Å²) in [5.74, 6) is 1.48. The van der Waals surface area contributed by atoms with Gasteiger partial charge < -0.3 is 18.8 Å². The van der Waals surface area contributed by atoms with E-state index in [9.17, 15) is 4.79 Å². The molecule has 0 unspecified atom stereocenters. The highest BCUT2D eigenvalue weighted by Gasteiger charge is 2.21. The summed E-state index contributed by atoms with van der Waals surface area (Å²) in [7, 11) is 1.63. The minimum absolute atomic E-state index is 0.0934. The van der Waals surface area contributed by atoms with Gasteiger partial charge in [0.2, 0.25) is 5.75 Å². The lowest BCUT2D eigenvalue weighted by Crippen LogP contribution is -2.24. The van der Waals surface area contributed by atoms with Gasteiger partial charge in [-0.25, -0.2) is 0 Å². The topological polar surface area (TPSA) is 49.7 Å². The Morgan fingerprint density at radius 3 is 2.42 bits per heavy atom. The maximum Gasteiger partial charge on any atom is 0.297 e. The lowest BCUT2D eigenvalue weighted by molar-refractivity contribution is 0.218. The average Bonchev–Trinajstić information content (AvgIpc) is 2.78. The molecule has 1 heterocycles. The zero-order valence-corrected chi connectivity index (χ0v) is 19.0. The molecule has 0 atom stereocenters. The number of unbranched alkanes of at least 4 members (excludes halogenated alkanes) is 3. The van der Waals surface area contributed by atoms with Gasteiger partial charge in [-0.1, -0.05) is 56.5 Å². The highest BCUT2D eigenvalue weighted by atomic mass is 16.5. The summed E-state index contributed by atoms with van der Waals surface area (Å²) < 4.78 is 19.5. The number of pyridine rings is 1. The molecule has 0 saturated carbocycles. The van der Waals surface area contributed by atoms with Gasteiger partial charge in [0.05, 0.1) is 18.7 Å². The van der Waals surface area contributed by atoms with Gasteiger partial charge in [-0.2, -0.15) is 0 Å². The molecular weight excluding hydrogens is 390 g/mol. The van der Waals surface area contributed by atoms with Crippen LogP contribution in [0.3, 0.4) is 0 Å². The van der Waals surface area contributed by atoms with Gasteiger partial charge in [0.25, 0.3) is 5.56 Å². The maximum absolute atomic E-state index is 13.6. The molecule has 2 aromatic carbocycles. The predicted octanol–water partition coefficient (Wildman–Crippen LogP) is 5.96. The Morgan fingerprint density at radius 2 is 1.74 bits per heavy atom. The van der Waals surface area contributed by atoms with Crippen LogP contribution in [0.2, 0.25) is 0 Å². The molecule has 0 aliphatic heterocycles. The largest absolute Gasteiger partial charge is 0.497 e. The first-order valence-corrected chi connectivity index (χ1v) is 11.1. The van der Waals surface area contributed by atoms with Crippen LogP contribution in [0.1, 0.15) is 52.0 Å². The number of aryl methyl sites for hydroxylation is 1. The quantitative estimate of drug-likeness (QED) is 0.357. The Balaban J connectivity index is 2.11. The Kier molecular flexibility index (Phi) is 7.99. The number of fused-ring (bicyclic) bond motifs is 1.